The summed E-state index contributed by atoms with van der Waals surface area (Å²) in [7, 11) is 0. The molecule has 0 aliphatic carbocycles. The Morgan fingerprint density at radius 1 is 1.47 bits per heavy atom. The highest BCUT2D eigenvalue weighted by Crippen LogP contribution is 2.20. The molecule has 5 heteroatoms. The van der Waals surface area contributed by atoms with Gasteiger partial charge in [0.1, 0.15) is 0 Å². The van der Waals surface area contributed by atoms with Gasteiger partial charge in [0.25, 0.3) is 0 Å². The molecular formula is C12H15BrN2O2. The monoisotopic (exact) mass is 298 g/mol. The van der Waals surface area contributed by atoms with Gasteiger partial charge >= 0.3 is 0 Å². The van der Waals surface area contributed by atoms with Crippen LogP contribution in [0.2, 0.25) is 0 Å². The molecule has 1 atom stereocenters. The lowest BCUT2D eigenvalue weighted by molar-refractivity contribution is -0.125. The van der Waals surface area contributed by atoms with Crippen molar-refractivity contribution < 1.29 is 9.59 Å². The van der Waals surface area contributed by atoms with Gasteiger partial charge in [-0.1, -0.05) is 22.9 Å². The van der Waals surface area contributed by atoms with Gasteiger partial charge in [-0.05, 0) is 30.7 Å². The van der Waals surface area contributed by atoms with Crippen molar-refractivity contribution in [3.63, 3.8) is 0 Å². The van der Waals surface area contributed by atoms with Crippen molar-refractivity contribution >= 4 is 33.4 Å². The van der Waals surface area contributed by atoms with Gasteiger partial charge in [0, 0.05) is 22.5 Å². The van der Waals surface area contributed by atoms with E-state index in [-0.39, 0.29) is 12.3 Å². The zero-order valence-corrected chi connectivity index (χ0v) is 11.4. The number of nitrogens with one attached hydrogen (secondary N) is 1. The molecule has 2 amide bonds. The van der Waals surface area contributed by atoms with E-state index in [4.69, 9.17) is 5.73 Å². The number of carbonyl (C=O) groups excluding carboxylic acids is 2. The summed E-state index contributed by atoms with van der Waals surface area (Å²) < 4.78 is 0.987. The highest BCUT2D eigenvalue weighted by Gasteiger charge is 2.15. The number of anilines is 1. The number of halogens is 1. The molecule has 0 aliphatic heterocycles. The van der Waals surface area contributed by atoms with Crippen LogP contribution in [0, 0.1) is 12.8 Å². The summed E-state index contributed by atoms with van der Waals surface area (Å²) in [5, 5.41) is 2.75. The number of rotatable bonds is 4. The fourth-order valence-electron chi connectivity index (χ4n) is 1.38. The zero-order valence-electron chi connectivity index (χ0n) is 9.79. The summed E-state index contributed by atoms with van der Waals surface area (Å²) in [6, 6.07) is 5.52. The summed E-state index contributed by atoms with van der Waals surface area (Å²) in [5.74, 6) is -1.10. The molecule has 0 aliphatic rings. The maximum Gasteiger partial charge on any atom is 0.227 e. The van der Waals surface area contributed by atoms with E-state index in [1.807, 2.05) is 19.1 Å². The molecule has 3 N–H and O–H groups in total. The standard InChI is InChI=1S/C12H15BrN2O2/c1-7-5-9(3-4-10(7)13)15-12(17)8(2)6-11(14)16/h3-5,8H,6H2,1-2H3,(H2,14,16)(H,15,17). The maximum atomic E-state index is 11.7. The van der Waals surface area contributed by atoms with Crippen molar-refractivity contribution in [2.75, 3.05) is 5.32 Å². The van der Waals surface area contributed by atoms with Crippen LogP contribution in [0.1, 0.15) is 18.9 Å². The number of amides is 2. The molecule has 1 aromatic rings. The Morgan fingerprint density at radius 3 is 2.65 bits per heavy atom. The SMILES string of the molecule is Cc1cc(NC(=O)C(C)CC(N)=O)ccc1Br. The molecule has 0 aromatic heterocycles. The summed E-state index contributed by atoms with van der Waals surface area (Å²) in [6.45, 7) is 3.61. The van der Waals surface area contributed by atoms with Crippen molar-refractivity contribution in [3.8, 4) is 0 Å². The predicted molar refractivity (Wildman–Crippen MR) is 70.5 cm³/mol. The average Bonchev–Trinajstić information content (AvgIpc) is 2.22. The highest BCUT2D eigenvalue weighted by molar-refractivity contribution is 9.10. The average molecular weight is 299 g/mol. The Labute approximate surface area is 109 Å². The lowest BCUT2D eigenvalue weighted by Gasteiger charge is -2.11. The minimum atomic E-state index is -0.473. The van der Waals surface area contributed by atoms with Crippen LogP contribution >= 0.6 is 15.9 Å². The molecular weight excluding hydrogens is 284 g/mol. The molecule has 0 spiro atoms. The summed E-state index contributed by atoms with van der Waals surface area (Å²) in [6.07, 6.45) is 0.0569. The van der Waals surface area contributed by atoms with Crippen LogP contribution in [-0.4, -0.2) is 11.8 Å². The van der Waals surface area contributed by atoms with Gasteiger partial charge in [-0.25, -0.2) is 0 Å². The number of primary amides is 1. The molecule has 1 aromatic carbocycles. The van der Waals surface area contributed by atoms with Gasteiger partial charge in [-0.3, -0.25) is 9.59 Å². The van der Waals surface area contributed by atoms with Gasteiger partial charge in [-0.15, -0.1) is 0 Å². The second-order valence-electron chi connectivity index (χ2n) is 4.02. The minimum absolute atomic E-state index is 0.0569. The molecule has 1 unspecified atom stereocenters. The second-order valence-corrected chi connectivity index (χ2v) is 4.88. The van der Waals surface area contributed by atoms with E-state index >= 15 is 0 Å². The highest BCUT2D eigenvalue weighted by atomic mass is 79.9. The fourth-order valence-corrected chi connectivity index (χ4v) is 1.63. The Kier molecular flexibility index (Phi) is 4.69. The van der Waals surface area contributed by atoms with Crippen molar-refractivity contribution in [1.82, 2.24) is 0 Å². The topological polar surface area (TPSA) is 72.2 Å². The van der Waals surface area contributed by atoms with E-state index in [0.29, 0.717) is 5.69 Å². The molecule has 0 saturated carbocycles. The molecule has 4 nitrogen and oxygen atoms in total. The Hall–Kier alpha value is -1.36. The fraction of sp³-hybridized carbons (Fsp3) is 0.333. The van der Waals surface area contributed by atoms with Crippen LogP contribution < -0.4 is 11.1 Å². The number of carbonyl (C=O) groups is 2. The van der Waals surface area contributed by atoms with E-state index in [9.17, 15) is 9.59 Å². The quantitative estimate of drug-likeness (QED) is 0.894. The Balaban J connectivity index is 2.67. The van der Waals surface area contributed by atoms with E-state index in [2.05, 4.69) is 21.2 Å². The van der Waals surface area contributed by atoms with Crippen LogP contribution in [0.3, 0.4) is 0 Å². The van der Waals surface area contributed by atoms with E-state index in [1.165, 1.54) is 0 Å². The number of hydrogen-bond acceptors (Lipinski definition) is 2. The van der Waals surface area contributed by atoms with Gasteiger partial charge in [0.2, 0.25) is 11.8 Å². The van der Waals surface area contributed by atoms with Crippen molar-refractivity contribution in [2.45, 2.75) is 20.3 Å². The maximum absolute atomic E-state index is 11.7. The smallest absolute Gasteiger partial charge is 0.227 e. The van der Waals surface area contributed by atoms with Crippen LogP contribution in [0.5, 0.6) is 0 Å². The lowest BCUT2D eigenvalue weighted by Crippen LogP contribution is -2.25. The van der Waals surface area contributed by atoms with Crippen molar-refractivity contribution in [1.29, 1.82) is 0 Å². The third-order valence-corrected chi connectivity index (χ3v) is 3.27. The zero-order chi connectivity index (χ0) is 13.0. The first kappa shape index (κ1) is 13.7. The van der Waals surface area contributed by atoms with Gasteiger partial charge in [0.15, 0.2) is 0 Å². The molecule has 1 rings (SSSR count). The van der Waals surface area contributed by atoms with Gasteiger partial charge in [0.05, 0.1) is 0 Å². The number of benzene rings is 1. The summed E-state index contributed by atoms with van der Waals surface area (Å²) >= 11 is 3.38. The van der Waals surface area contributed by atoms with Crippen molar-refractivity contribution in [3.05, 3.63) is 28.2 Å². The summed E-state index contributed by atoms with van der Waals surface area (Å²) in [4.78, 5) is 22.4. The molecule has 0 fully saturated rings. The first-order chi connectivity index (χ1) is 7.90. The third kappa shape index (κ3) is 4.19. The number of nitrogens with two attached hydrogens (primary N) is 1. The van der Waals surface area contributed by atoms with Crippen LogP contribution in [0.4, 0.5) is 5.69 Å². The van der Waals surface area contributed by atoms with Gasteiger partial charge < -0.3 is 11.1 Å². The largest absolute Gasteiger partial charge is 0.370 e. The molecule has 0 radical (unpaired) electrons. The molecule has 0 bridgehead atoms. The van der Waals surface area contributed by atoms with Crippen LogP contribution in [-0.2, 0) is 9.59 Å². The Bertz CT molecular complexity index is 446. The van der Waals surface area contributed by atoms with E-state index in [1.54, 1.807) is 13.0 Å². The third-order valence-electron chi connectivity index (χ3n) is 2.38. The predicted octanol–water partition coefficient (Wildman–Crippen LogP) is 2.21. The van der Waals surface area contributed by atoms with Crippen LogP contribution in [0.15, 0.2) is 22.7 Å². The first-order valence-corrected chi connectivity index (χ1v) is 6.04. The molecule has 0 saturated heterocycles. The second kappa shape index (κ2) is 5.82. The van der Waals surface area contributed by atoms with Crippen LogP contribution in [0.25, 0.3) is 0 Å². The molecule has 17 heavy (non-hydrogen) atoms. The van der Waals surface area contributed by atoms with E-state index in [0.717, 1.165) is 10.0 Å². The van der Waals surface area contributed by atoms with E-state index < -0.39 is 11.8 Å². The first-order valence-electron chi connectivity index (χ1n) is 5.25. The molecule has 92 valence electrons. The number of hydrogen-bond donors (Lipinski definition) is 2. The lowest BCUT2D eigenvalue weighted by atomic mass is 10.1. The number of aryl methyl sites for hydroxylation is 1. The summed E-state index contributed by atoms with van der Waals surface area (Å²) in [5.41, 5.74) is 6.79. The minimum Gasteiger partial charge on any atom is -0.370 e. The van der Waals surface area contributed by atoms with Crippen molar-refractivity contribution in [2.24, 2.45) is 11.7 Å². The molecule has 0 heterocycles. The normalized spacial score (nSPS) is 11.9. The Morgan fingerprint density at radius 2 is 2.12 bits per heavy atom. The van der Waals surface area contributed by atoms with Gasteiger partial charge in [-0.2, -0.15) is 0 Å².